The molecule has 0 unspecified atom stereocenters. The van der Waals surface area contributed by atoms with E-state index < -0.39 is 38.3 Å². The number of nitrogens with one attached hydrogen (secondary N) is 1. The van der Waals surface area contributed by atoms with E-state index in [4.69, 9.17) is 10.5 Å². The minimum Gasteiger partial charge on any atom is -0.367 e. The fourth-order valence-corrected chi connectivity index (χ4v) is 2.77. The van der Waals surface area contributed by atoms with Crippen molar-refractivity contribution in [1.29, 1.82) is 0 Å². The summed E-state index contributed by atoms with van der Waals surface area (Å²) in [6.45, 7) is 0.307. The number of sulfone groups is 1. The third-order valence-electron chi connectivity index (χ3n) is 3.11. The van der Waals surface area contributed by atoms with Gasteiger partial charge < -0.3 is 15.8 Å². The van der Waals surface area contributed by atoms with Gasteiger partial charge in [0.2, 0.25) is 0 Å². The first kappa shape index (κ1) is 19.7. The van der Waals surface area contributed by atoms with Crippen molar-refractivity contribution in [2.45, 2.75) is 29.0 Å². The molecule has 0 saturated carbocycles. The first-order chi connectivity index (χ1) is 10.1. The van der Waals surface area contributed by atoms with Gasteiger partial charge in [-0.05, 0) is 24.6 Å². The van der Waals surface area contributed by atoms with Crippen molar-refractivity contribution in [2.24, 2.45) is 5.73 Å². The average molecular weight is 375 g/mol. The Labute approximate surface area is 136 Å². The maximum Gasteiger partial charge on any atom is 0.501 e. The molecule has 1 heterocycles. The molecule has 11 heteroatoms. The second kappa shape index (κ2) is 7.04. The summed E-state index contributed by atoms with van der Waals surface area (Å²) in [5.74, 6) is -0.633. The van der Waals surface area contributed by atoms with E-state index in [0.717, 1.165) is 18.2 Å². The van der Waals surface area contributed by atoms with Gasteiger partial charge in [0.05, 0.1) is 4.90 Å². The molecule has 6 nitrogen and oxygen atoms in total. The first-order valence-corrected chi connectivity index (χ1v) is 7.71. The summed E-state index contributed by atoms with van der Waals surface area (Å²) >= 11 is 0. The van der Waals surface area contributed by atoms with Crippen LogP contribution in [0.15, 0.2) is 29.2 Å². The fraction of sp³-hybridized carbons (Fsp3) is 0.417. The van der Waals surface area contributed by atoms with Crippen molar-refractivity contribution in [2.75, 3.05) is 11.9 Å². The van der Waals surface area contributed by atoms with Crippen LogP contribution in [0.3, 0.4) is 0 Å². The Morgan fingerprint density at radius 3 is 2.52 bits per heavy atom. The topological polar surface area (TPSA) is 98.5 Å². The molecule has 23 heavy (non-hydrogen) atoms. The number of halogens is 4. The van der Waals surface area contributed by atoms with Gasteiger partial charge in [-0.15, -0.1) is 12.4 Å². The van der Waals surface area contributed by atoms with E-state index in [0.29, 0.717) is 13.0 Å². The number of hydrogen-bond donors (Lipinski definition) is 2. The summed E-state index contributed by atoms with van der Waals surface area (Å²) in [6.07, 6.45) is -0.427. The molecular formula is C12H14ClF3N2O4S. The molecule has 1 aliphatic rings. The fourth-order valence-electron chi connectivity index (χ4n) is 1.96. The zero-order valence-corrected chi connectivity index (χ0v) is 13.2. The lowest BCUT2D eigenvalue weighted by atomic mass is 10.1. The van der Waals surface area contributed by atoms with Crippen molar-refractivity contribution in [1.82, 2.24) is 0 Å². The van der Waals surface area contributed by atoms with Crippen LogP contribution in [0.25, 0.3) is 0 Å². The number of anilines is 1. The quantitative estimate of drug-likeness (QED) is 0.834. The third-order valence-corrected chi connectivity index (χ3v) is 4.60. The van der Waals surface area contributed by atoms with Crippen LogP contribution in [-0.2, 0) is 19.4 Å². The van der Waals surface area contributed by atoms with Crippen molar-refractivity contribution in [3.8, 4) is 0 Å². The van der Waals surface area contributed by atoms with Gasteiger partial charge in [0.25, 0.3) is 15.7 Å². The smallest absolute Gasteiger partial charge is 0.367 e. The maximum absolute atomic E-state index is 12.5. The molecule has 0 aliphatic carbocycles. The van der Waals surface area contributed by atoms with Gasteiger partial charge in [-0.1, -0.05) is 6.07 Å². The molecule has 3 N–H and O–H groups in total. The van der Waals surface area contributed by atoms with Gasteiger partial charge in [-0.3, -0.25) is 4.79 Å². The third kappa shape index (κ3) is 4.14. The summed E-state index contributed by atoms with van der Waals surface area (Å²) in [5.41, 5.74) is 0.164. The molecule has 0 bridgehead atoms. The Morgan fingerprint density at radius 2 is 2.00 bits per heavy atom. The summed E-state index contributed by atoms with van der Waals surface area (Å²) in [4.78, 5) is 10.9. The van der Waals surface area contributed by atoms with E-state index in [9.17, 15) is 26.4 Å². The number of carbonyl (C=O) groups is 1. The van der Waals surface area contributed by atoms with Crippen LogP contribution >= 0.6 is 12.4 Å². The van der Waals surface area contributed by atoms with Crippen LogP contribution in [0.4, 0.5) is 18.9 Å². The maximum atomic E-state index is 12.5. The monoisotopic (exact) mass is 374 g/mol. The van der Waals surface area contributed by atoms with Crippen molar-refractivity contribution >= 4 is 33.8 Å². The van der Waals surface area contributed by atoms with Crippen molar-refractivity contribution < 1.29 is 31.1 Å². The van der Waals surface area contributed by atoms with Crippen LogP contribution < -0.4 is 11.1 Å². The molecule has 1 aromatic carbocycles. The number of benzene rings is 1. The molecule has 130 valence electrons. The lowest BCUT2D eigenvalue weighted by molar-refractivity contribution is -0.125. The molecule has 2 rings (SSSR count). The Balaban J connectivity index is 0.00000264. The predicted molar refractivity (Wildman–Crippen MR) is 77.9 cm³/mol. The zero-order chi connectivity index (χ0) is 16.5. The second-order valence-electron chi connectivity index (χ2n) is 4.71. The number of nitrogens with two attached hydrogens (primary N) is 1. The van der Waals surface area contributed by atoms with Gasteiger partial charge in [-0.25, -0.2) is 8.42 Å². The Hall–Kier alpha value is -1.36. The molecular weight excluding hydrogens is 361 g/mol. The van der Waals surface area contributed by atoms with Gasteiger partial charge in [-0.2, -0.15) is 13.2 Å². The predicted octanol–water partition coefficient (Wildman–Crippen LogP) is 1.46. The Kier molecular flexibility index (Phi) is 6.02. The van der Waals surface area contributed by atoms with Crippen LogP contribution in [0.5, 0.6) is 0 Å². The molecule has 0 aromatic heterocycles. The average Bonchev–Trinajstić information content (AvgIpc) is 2.84. The van der Waals surface area contributed by atoms with Crippen LogP contribution in [0, 0.1) is 0 Å². The standard InChI is InChI=1S/C12H13F3N2O4S.ClH/c13-12(14,15)22(19,20)8-3-1-2-7(6-8)17-11(18)10-9(16)4-5-21-10;/h1-3,6,9-10H,4-5,16H2,(H,17,18);1H/t9-,10+;/m1./s1. The van der Waals surface area contributed by atoms with Gasteiger partial charge >= 0.3 is 5.51 Å². The Morgan fingerprint density at radius 1 is 1.35 bits per heavy atom. The SMILES string of the molecule is Cl.N[C@@H]1CCO[C@@H]1C(=O)Nc1cccc(S(=O)(=O)C(F)(F)F)c1. The number of rotatable bonds is 3. The number of hydrogen-bond acceptors (Lipinski definition) is 5. The van der Waals surface area contributed by atoms with E-state index in [1.165, 1.54) is 6.07 Å². The highest BCUT2D eigenvalue weighted by molar-refractivity contribution is 7.92. The molecule has 1 saturated heterocycles. The number of ether oxygens (including phenoxy) is 1. The first-order valence-electron chi connectivity index (χ1n) is 6.22. The van der Waals surface area contributed by atoms with E-state index in [2.05, 4.69) is 5.32 Å². The van der Waals surface area contributed by atoms with Crippen LogP contribution in [-0.4, -0.2) is 38.6 Å². The van der Waals surface area contributed by atoms with Crippen LogP contribution in [0.2, 0.25) is 0 Å². The highest BCUT2D eigenvalue weighted by Gasteiger charge is 2.47. The second-order valence-corrected chi connectivity index (χ2v) is 6.65. The Bertz CT molecular complexity index is 681. The van der Waals surface area contributed by atoms with Crippen LogP contribution in [0.1, 0.15) is 6.42 Å². The molecule has 1 aliphatic heterocycles. The molecule has 1 amide bonds. The lowest BCUT2D eigenvalue weighted by Gasteiger charge is -2.15. The van der Waals surface area contributed by atoms with E-state index >= 15 is 0 Å². The van der Waals surface area contributed by atoms with Gasteiger partial charge in [0.1, 0.15) is 0 Å². The van der Waals surface area contributed by atoms with Crippen molar-refractivity contribution in [3.63, 3.8) is 0 Å². The molecule has 2 atom stereocenters. The van der Waals surface area contributed by atoms with E-state index in [-0.39, 0.29) is 18.1 Å². The summed E-state index contributed by atoms with van der Waals surface area (Å²) < 4.78 is 65.2. The number of amides is 1. The lowest BCUT2D eigenvalue weighted by Crippen LogP contribution is -2.40. The molecule has 1 aromatic rings. The molecule has 0 radical (unpaired) electrons. The highest BCUT2D eigenvalue weighted by Crippen LogP contribution is 2.31. The summed E-state index contributed by atoms with van der Waals surface area (Å²) in [5, 5.41) is 2.30. The van der Waals surface area contributed by atoms with Crippen molar-refractivity contribution in [3.05, 3.63) is 24.3 Å². The van der Waals surface area contributed by atoms with E-state index in [1.807, 2.05) is 0 Å². The largest absolute Gasteiger partial charge is 0.501 e. The zero-order valence-electron chi connectivity index (χ0n) is 11.5. The highest BCUT2D eigenvalue weighted by atomic mass is 35.5. The minimum absolute atomic E-state index is 0. The van der Waals surface area contributed by atoms with E-state index in [1.54, 1.807) is 0 Å². The van der Waals surface area contributed by atoms with Gasteiger partial charge in [0.15, 0.2) is 6.10 Å². The number of alkyl halides is 3. The summed E-state index contributed by atoms with van der Waals surface area (Å²) in [6, 6.07) is 3.40. The number of carbonyl (C=O) groups excluding carboxylic acids is 1. The molecule has 1 fully saturated rings. The minimum atomic E-state index is -5.47. The van der Waals surface area contributed by atoms with Gasteiger partial charge in [0, 0.05) is 18.3 Å². The summed E-state index contributed by atoms with van der Waals surface area (Å²) in [7, 11) is -5.47. The normalized spacial score (nSPS) is 21.6. The molecule has 0 spiro atoms.